The monoisotopic (exact) mass is 142 g/mol. The Balaban J connectivity index is 2.15. The molecule has 0 saturated carbocycles. The van der Waals surface area contributed by atoms with Gasteiger partial charge in [0.05, 0.1) is 6.17 Å². The molecule has 2 heteroatoms. The SMILES string of the molecule is NC1CCCCCCCN1. The van der Waals surface area contributed by atoms with E-state index < -0.39 is 0 Å². The molecule has 1 atom stereocenters. The summed E-state index contributed by atoms with van der Waals surface area (Å²) in [5.41, 5.74) is 5.76. The maximum Gasteiger partial charge on any atom is 0.0546 e. The van der Waals surface area contributed by atoms with Gasteiger partial charge in [0.15, 0.2) is 0 Å². The zero-order valence-corrected chi connectivity index (χ0v) is 6.60. The second-order valence-corrected chi connectivity index (χ2v) is 3.12. The van der Waals surface area contributed by atoms with Crippen molar-refractivity contribution in [1.29, 1.82) is 0 Å². The van der Waals surface area contributed by atoms with E-state index in [2.05, 4.69) is 5.32 Å². The van der Waals surface area contributed by atoms with E-state index in [1.807, 2.05) is 0 Å². The zero-order valence-electron chi connectivity index (χ0n) is 6.60. The molecule has 0 radical (unpaired) electrons. The highest BCUT2D eigenvalue weighted by atomic mass is 15.0. The summed E-state index contributed by atoms with van der Waals surface area (Å²) in [6.45, 7) is 1.11. The lowest BCUT2D eigenvalue weighted by atomic mass is 10.1. The molecular formula is C8H18N2. The minimum Gasteiger partial charge on any atom is -0.316 e. The van der Waals surface area contributed by atoms with E-state index in [0.29, 0.717) is 0 Å². The lowest BCUT2D eigenvalue weighted by Crippen LogP contribution is -2.37. The molecular weight excluding hydrogens is 124 g/mol. The van der Waals surface area contributed by atoms with Gasteiger partial charge in [0.1, 0.15) is 0 Å². The van der Waals surface area contributed by atoms with Gasteiger partial charge >= 0.3 is 0 Å². The maximum absolute atomic E-state index is 5.76. The second kappa shape index (κ2) is 4.69. The lowest BCUT2D eigenvalue weighted by Gasteiger charge is -2.10. The van der Waals surface area contributed by atoms with Crippen molar-refractivity contribution in [3.8, 4) is 0 Å². The Morgan fingerprint density at radius 2 is 1.70 bits per heavy atom. The molecule has 60 valence electrons. The van der Waals surface area contributed by atoms with Crippen LogP contribution in [0.3, 0.4) is 0 Å². The molecule has 0 aromatic carbocycles. The fourth-order valence-electron chi connectivity index (χ4n) is 1.41. The number of nitrogens with one attached hydrogen (secondary N) is 1. The van der Waals surface area contributed by atoms with E-state index in [1.54, 1.807) is 0 Å². The molecule has 0 aromatic heterocycles. The first-order valence-electron chi connectivity index (χ1n) is 4.38. The normalized spacial score (nSPS) is 30.3. The Morgan fingerprint density at radius 3 is 2.60 bits per heavy atom. The Labute approximate surface area is 63.2 Å². The average Bonchev–Trinajstić information content (AvgIpc) is 2.02. The van der Waals surface area contributed by atoms with Gasteiger partial charge in [-0.1, -0.05) is 25.7 Å². The molecule has 1 unspecified atom stereocenters. The molecule has 1 heterocycles. The predicted octanol–water partition coefficient (Wildman–Crippen LogP) is 1.21. The smallest absolute Gasteiger partial charge is 0.0546 e. The molecule has 0 aliphatic carbocycles. The van der Waals surface area contributed by atoms with Crippen molar-refractivity contribution < 1.29 is 0 Å². The van der Waals surface area contributed by atoms with Crippen LogP contribution in [-0.2, 0) is 0 Å². The third kappa shape index (κ3) is 3.18. The van der Waals surface area contributed by atoms with E-state index in [0.717, 1.165) is 13.0 Å². The highest BCUT2D eigenvalue weighted by Crippen LogP contribution is 2.07. The van der Waals surface area contributed by atoms with Gasteiger partial charge in [-0.2, -0.15) is 0 Å². The summed E-state index contributed by atoms with van der Waals surface area (Å²) in [5, 5.41) is 3.30. The Kier molecular flexibility index (Phi) is 3.76. The molecule has 3 N–H and O–H groups in total. The van der Waals surface area contributed by atoms with Crippen molar-refractivity contribution in [2.45, 2.75) is 44.7 Å². The molecule has 1 rings (SSSR count). The van der Waals surface area contributed by atoms with Crippen LogP contribution in [0.1, 0.15) is 38.5 Å². The molecule has 1 fully saturated rings. The van der Waals surface area contributed by atoms with Crippen molar-refractivity contribution in [1.82, 2.24) is 5.32 Å². The van der Waals surface area contributed by atoms with Crippen LogP contribution in [0, 0.1) is 0 Å². The van der Waals surface area contributed by atoms with Crippen molar-refractivity contribution in [3.63, 3.8) is 0 Å². The van der Waals surface area contributed by atoms with Crippen LogP contribution in [-0.4, -0.2) is 12.7 Å². The van der Waals surface area contributed by atoms with E-state index in [1.165, 1.54) is 32.1 Å². The van der Waals surface area contributed by atoms with Crippen LogP contribution in [0.25, 0.3) is 0 Å². The van der Waals surface area contributed by atoms with E-state index in [4.69, 9.17) is 5.73 Å². The molecule has 1 saturated heterocycles. The van der Waals surface area contributed by atoms with Gasteiger partial charge in [-0.15, -0.1) is 0 Å². The van der Waals surface area contributed by atoms with E-state index >= 15 is 0 Å². The van der Waals surface area contributed by atoms with Gasteiger partial charge in [-0.3, -0.25) is 0 Å². The Hall–Kier alpha value is -0.0800. The van der Waals surface area contributed by atoms with Crippen LogP contribution < -0.4 is 11.1 Å². The first-order chi connectivity index (χ1) is 4.89. The molecule has 0 amide bonds. The minimum absolute atomic E-state index is 0.262. The van der Waals surface area contributed by atoms with Gasteiger partial charge < -0.3 is 11.1 Å². The van der Waals surface area contributed by atoms with Crippen LogP contribution >= 0.6 is 0 Å². The number of nitrogens with two attached hydrogens (primary N) is 1. The van der Waals surface area contributed by atoms with E-state index in [-0.39, 0.29) is 6.17 Å². The molecule has 2 nitrogen and oxygen atoms in total. The van der Waals surface area contributed by atoms with Crippen molar-refractivity contribution in [3.05, 3.63) is 0 Å². The van der Waals surface area contributed by atoms with Crippen molar-refractivity contribution >= 4 is 0 Å². The summed E-state index contributed by atoms with van der Waals surface area (Å²) in [7, 11) is 0. The highest BCUT2D eigenvalue weighted by molar-refractivity contribution is 4.61. The average molecular weight is 142 g/mol. The van der Waals surface area contributed by atoms with Gasteiger partial charge in [-0.25, -0.2) is 0 Å². The maximum atomic E-state index is 5.76. The molecule has 0 bridgehead atoms. The number of hydrogen-bond donors (Lipinski definition) is 2. The second-order valence-electron chi connectivity index (χ2n) is 3.12. The van der Waals surface area contributed by atoms with Crippen LogP contribution in [0.15, 0.2) is 0 Å². The molecule has 0 aromatic rings. The van der Waals surface area contributed by atoms with Crippen LogP contribution in [0.4, 0.5) is 0 Å². The van der Waals surface area contributed by atoms with Crippen LogP contribution in [0.2, 0.25) is 0 Å². The third-order valence-electron chi connectivity index (χ3n) is 2.10. The zero-order chi connectivity index (χ0) is 7.23. The Morgan fingerprint density at radius 1 is 1.00 bits per heavy atom. The third-order valence-corrected chi connectivity index (χ3v) is 2.10. The highest BCUT2D eigenvalue weighted by Gasteiger charge is 2.02. The fraction of sp³-hybridized carbons (Fsp3) is 1.00. The fourth-order valence-corrected chi connectivity index (χ4v) is 1.41. The summed E-state index contributed by atoms with van der Waals surface area (Å²) >= 11 is 0. The van der Waals surface area contributed by atoms with E-state index in [9.17, 15) is 0 Å². The standard InChI is InChI=1S/C8H18N2/c9-8-6-4-2-1-3-5-7-10-8/h8,10H,1-7,9H2. The summed E-state index contributed by atoms with van der Waals surface area (Å²) < 4.78 is 0. The van der Waals surface area contributed by atoms with Crippen molar-refractivity contribution in [2.24, 2.45) is 5.73 Å². The largest absolute Gasteiger partial charge is 0.316 e. The van der Waals surface area contributed by atoms with Gasteiger partial charge in [0, 0.05) is 0 Å². The predicted molar refractivity (Wildman–Crippen MR) is 43.7 cm³/mol. The first-order valence-corrected chi connectivity index (χ1v) is 4.38. The van der Waals surface area contributed by atoms with Gasteiger partial charge in [-0.05, 0) is 19.4 Å². The summed E-state index contributed by atoms with van der Waals surface area (Å²) in [6.07, 6.45) is 8.16. The van der Waals surface area contributed by atoms with Crippen molar-refractivity contribution in [2.75, 3.05) is 6.54 Å². The molecule has 10 heavy (non-hydrogen) atoms. The topological polar surface area (TPSA) is 38.0 Å². The summed E-state index contributed by atoms with van der Waals surface area (Å²) in [6, 6.07) is 0. The van der Waals surface area contributed by atoms with Crippen LogP contribution in [0.5, 0.6) is 0 Å². The first kappa shape index (κ1) is 8.02. The number of rotatable bonds is 0. The molecule has 0 spiro atoms. The Bertz CT molecular complexity index is 73.3. The van der Waals surface area contributed by atoms with Gasteiger partial charge in [0.2, 0.25) is 0 Å². The summed E-state index contributed by atoms with van der Waals surface area (Å²) in [4.78, 5) is 0. The lowest BCUT2D eigenvalue weighted by molar-refractivity contribution is 0.488. The number of hydrogen-bond acceptors (Lipinski definition) is 2. The summed E-state index contributed by atoms with van der Waals surface area (Å²) in [5.74, 6) is 0. The minimum atomic E-state index is 0.262. The quantitative estimate of drug-likeness (QED) is 0.533. The van der Waals surface area contributed by atoms with Gasteiger partial charge in [0.25, 0.3) is 0 Å². The molecule has 1 aliphatic heterocycles. The molecule has 1 aliphatic rings.